The van der Waals surface area contributed by atoms with E-state index in [0.717, 1.165) is 12.0 Å². The van der Waals surface area contributed by atoms with Gasteiger partial charge in [-0.05, 0) is 24.1 Å². The molecule has 7 nitrogen and oxygen atoms in total. The quantitative estimate of drug-likeness (QED) is 0.727. The van der Waals surface area contributed by atoms with Crippen molar-refractivity contribution in [2.24, 2.45) is 0 Å². The molecule has 1 aromatic carbocycles. The summed E-state index contributed by atoms with van der Waals surface area (Å²) in [6.07, 6.45) is 0.789. The molecule has 0 saturated carbocycles. The Morgan fingerprint density at radius 2 is 1.75 bits per heavy atom. The Kier molecular flexibility index (Phi) is 5.52. The number of hydrogen-bond acceptors (Lipinski definition) is 3. The normalized spacial score (nSPS) is 9.85. The molecule has 0 heterocycles. The fourth-order valence-corrected chi connectivity index (χ4v) is 1.60. The lowest BCUT2D eigenvalue weighted by atomic mass is 10.1. The standard InChI is InChI=1S/C13H16N2O5/c1-2-9-4-3-5-10(6-9)14-13(20)15(7-11(16)17)8-12(18)19/h3-6H,2,7-8H2,1H3,(H,14,20)(H,16,17)(H,18,19). The third kappa shape index (κ3) is 4.97. The Labute approximate surface area is 115 Å². The Morgan fingerprint density at radius 3 is 2.25 bits per heavy atom. The highest BCUT2D eigenvalue weighted by Gasteiger charge is 2.19. The molecule has 108 valence electrons. The summed E-state index contributed by atoms with van der Waals surface area (Å²) in [7, 11) is 0. The zero-order valence-corrected chi connectivity index (χ0v) is 11.0. The van der Waals surface area contributed by atoms with Gasteiger partial charge in [0.1, 0.15) is 13.1 Å². The lowest BCUT2D eigenvalue weighted by Gasteiger charge is -2.19. The van der Waals surface area contributed by atoms with E-state index in [1.54, 1.807) is 18.2 Å². The number of nitrogens with one attached hydrogen (secondary N) is 1. The van der Waals surface area contributed by atoms with Gasteiger partial charge in [-0.2, -0.15) is 0 Å². The maximum atomic E-state index is 11.9. The average molecular weight is 280 g/mol. The molecule has 20 heavy (non-hydrogen) atoms. The number of benzene rings is 1. The first kappa shape index (κ1) is 15.5. The van der Waals surface area contributed by atoms with Crippen molar-refractivity contribution in [1.29, 1.82) is 0 Å². The minimum Gasteiger partial charge on any atom is -0.480 e. The Bertz CT molecular complexity index is 499. The molecular weight excluding hydrogens is 264 g/mol. The molecule has 0 aliphatic rings. The van der Waals surface area contributed by atoms with Crippen LogP contribution in [0.4, 0.5) is 10.5 Å². The van der Waals surface area contributed by atoms with Gasteiger partial charge < -0.3 is 20.4 Å². The van der Waals surface area contributed by atoms with E-state index in [2.05, 4.69) is 5.32 Å². The number of rotatable bonds is 6. The maximum absolute atomic E-state index is 11.9. The molecule has 3 N–H and O–H groups in total. The minimum atomic E-state index is -1.27. The van der Waals surface area contributed by atoms with E-state index in [0.29, 0.717) is 10.6 Å². The zero-order valence-electron chi connectivity index (χ0n) is 11.0. The van der Waals surface area contributed by atoms with Crippen molar-refractivity contribution in [3.05, 3.63) is 29.8 Å². The molecule has 1 aromatic rings. The van der Waals surface area contributed by atoms with Gasteiger partial charge in [0.2, 0.25) is 0 Å². The highest BCUT2D eigenvalue weighted by molar-refractivity contribution is 5.93. The molecule has 7 heteroatoms. The second-order valence-corrected chi connectivity index (χ2v) is 4.13. The van der Waals surface area contributed by atoms with Crippen molar-refractivity contribution < 1.29 is 24.6 Å². The summed E-state index contributed by atoms with van der Waals surface area (Å²) < 4.78 is 0. The van der Waals surface area contributed by atoms with Gasteiger partial charge in [0.05, 0.1) is 0 Å². The van der Waals surface area contributed by atoms with Crippen molar-refractivity contribution in [2.45, 2.75) is 13.3 Å². The Hall–Kier alpha value is -2.57. The Morgan fingerprint density at radius 1 is 1.15 bits per heavy atom. The average Bonchev–Trinajstić information content (AvgIpc) is 2.37. The van der Waals surface area contributed by atoms with Gasteiger partial charge in [-0.1, -0.05) is 19.1 Å². The van der Waals surface area contributed by atoms with Crippen LogP contribution in [0.5, 0.6) is 0 Å². The molecule has 0 spiro atoms. The third-order valence-corrected chi connectivity index (χ3v) is 2.53. The zero-order chi connectivity index (χ0) is 15.1. The molecule has 0 aromatic heterocycles. The topological polar surface area (TPSA) is 107 Å². The van der Waals surface area contributed by atoms with E-state index in [1.165, 1.54) is 0 Å². The van der Waals surface area contributed by atoms with E-state index < -0.39 is 31.1 Å². The smallest absolute Gasteiger partial charge is 0.323 e. The predicted molar refractivity (Wildman–Crippen MR) is 71.7 cm³/mol. The van der Waals surface area contributed by atoms with Crippen LogP contribution in [0.15, 0.2) is 24.3 Å². The van der Waals surface area contributed by atoms with E-state index in [-0.39, 0.29) is 0 Å². The highest BCUT2D eigenvalue weighted by atomic mass is 16.4. The molecule has 0 radical (unpaired) electrons. The van der Waals surface area contributed by atoms with Crippen LogP contribution in [0.25, 0.3) is 0 Å². The fraction of sp³-hybridized carbons (Fsp3) is 0.308. The summed E-state index contributed by atoms with van der Waals surface area (Å²) in [5.74, 6) is -2.55. The first-order valence-corrected chi connectivity index (χ1v) is 6.00. The van der Waals surface area contributed by atoms with E-state index in [1.807, 2.05) is 13.0 Å². The van der Waals surface area contributed by atoms with Gasteiger partial charge in [0.15, 0.2) is 0 Å². The monoisotopic (exact) mass is 280 g/mol. The molecule has 0 saturated heterocycles. The van der Waals surface area contributed by atoms with Crippen molar-refractivity contribution in [2.75, 3.05) is 18.4 Å². The van der Waals surface area contributed by atoms with Crippen LogP contribution in [-0.2, 0) is 16.0 Å². The van der Waals surface area contributed by atoms with E-state index in [4.69, 9.17) is 10.2 Å². The second kappa shape index (κ2) is 7.13. The van der Waals surface area contributed by atoms with Crippen molar-refractivity contribution in [3.8, 4) is 0 Å². The minimum absolute atomic E-state index is 0.495. The van der Waals surface area contributed by atoms with Gasteiger partial charge >= 0.3 is 18.0 Å². The number of aryl methyl sites for hydroxylation is 1. The van der Waals surface area contributed by atoms with Crippen LogP contribution in [-0.4, -0.2) is 46.2 Å². The van der Waals surface area contributed by atoms with Gasteiger partial charge in [-0.25, -0.2) is 4.79 Å². The molecule has 2 amide bonds. The second-order valence-electron chi connectivity index (χ2n) is 4.13. The number of carboxylic acids is 2. The first-order chi connectivity index (χ1) is 9.42. The molecule has 0 atom stereocenters. The van der Waals surface area contributed by atoms with Crippen LogP contribution in [0.3, 0.4) is 0 Å². The van der Waals surface area contributed by atoms with Crippen molar-refractivity contribution >= 4 is 23.7 Å². The number of carbonyl (C=O) groups excluding carboxylic acids is 1. The molecule has 0 unspecified atom stereocenters. The van der Waals surface area contributed by atoms with Crippen LogP contribution in [0, 0.1) is 0 Å². The van der Waals surface area contributed by atoms with E-state index >= 15 is 0 Å². The van der Waals surface area contributed by atoms with Crippen LogP contribution < -0.4 is 5.32 Å². The number of urea groups is 1. The summed E-state index contributed by atoms with van der Waals surface area (Å²) in [5, 5.41) is 19.8. The summed E-state index contributed by atoms with van der Waals surface area (Å²) in [5.41, 5.74) is 1.50. The number of carbonyl (C=O) groups is 3. The summed E-state index contributed by atoms with van der Waals surface area (Å²) in [6.45, 7) is 0.610. The van der Waals surface area contributed by atoms with Crippen LogP contribution >= 0.6 is 0 Å². The number of hydrogen-bond donors (Lipinski definition) is 3. The summed E-state index contributed by atoms with van der Waals surface area (Å²) in [4.78, 5) is 33.9. The number of aliphatic carboxylic acids is 2. The number of carboxylic acid groups (broad SMARTS) is 2. The van der Waals surface area contributed by atoms with Gasteiger partial charge in [-0.15, -0.1) is 0 Å². The lowest BCUT2D eigenvalue weighted by molar-refractivity contribution is -0.140. The Balaban J connectivity index is 2.78. The molecule has 1 rings (SSSR count). The molecule has 0 bridgehead atoms. The van der Waals surface area contributed by atoms with Gasteiger partial charge in [-0.3, -0.25) is 9.59 Å². The summed E-state index contributed by atoms with van der Waals surface area (Å²) >= 11 is 0. The largest absolute Gasteiger partial charge is 0.480 e. The predicted octanol–water partition coefficient (Wildman–Crippen LogP) is 1.25. The molecule has 0 aliphatic carbocycles. The third-order valence-electron chi connectivity index (χ3n) is 2.53. The number of nitrogens with zero attached hydrogens (tertiary/aromatic N) is 1. The highest BCUT2D eigenvalue weighted by Crippen LogP contribution is 2.11. The molecule has 0 aliphatic heterocycles. The summed E-state index contributed by atoms with van der Waals surface area (Å²) in [6, 6.07) is 6.28. The van der Waals surface area contributed by atoms with Crippen molar-refractivity contribution in [1.82, 2.24) is 4.90 Å². The fourth-order valence-electron chi connectivity index (χ4n) is 1.60. The molecule has 0 fully saturated rings. The first-order valence-electron chi connectivity index (χ1n) is 6.00. The SMILES string of the molecule is CCc1cccc(NC(=O)N(CC(=O)O)CC(=O)O)c1. The van der Waals surface area contributed by atoms with Gasteiger partial charge in [0.25, 0.3) is 0 Å². The van der Waals surface area contributed by atoms with Crippen LogP contribution in [0.2, 0.25) is 0 Å². The van der Waals surface area contributed by atoms with Crippen molar-refractivity contribution in [3.63, 3.8) is 0 Å². The lowest BCUT2D eigenvalue weighted by Crippen LogP contribution is -2.41. The maximum Gasteiger partial charge on any atom is 0.323 e. The van der Waals surface area contributed by atoms with E-state index in [9.17, 15) is 14.4 Å². The number of amides is 2. The number of anilines is 1. The van der Waals surface area contributed by atoms with Crippen LogP contribution in [0.1, 0.15) is 12.5 Å². The van der Waals surface area contributed by atoms with Gasteiger partial charge in [0, 0.05) is 5.69 Å². The molecular formula is C13H16N2O5.